The summed E-state index contributed by atoms with van der Waals surface area (Å²) in [6.45, 7) is 5.87. The molecule has 164 valence electrons. The van der Waals surface area contributed by atoms with Gasteiger partial charge in [-0.25, -0.2) is 0 Å². The first-order valence-corrected chi connectivity index (χ1v) is 11.3. The number of carbonyl (C=O) groups excluding carboxylic acids is 1. The second-order valence-electron chi connectivity index (χ2n) is 8.07. The maximum atomic E-state index is 11.9. The lowest BCUT2D eigenvalue weighted by Crippen LogP contribution is -2.52. The van der Waals surface area contributed by atoms with Crippen LogP contribution in [0.25, 0.3) is 0 Å². The number of nitrogens with one attached hydrogen (secondary N) is 1. The number of likely N-dealkylation sites (tertiary alicyclic amines) is 1. The van der Waals surface area contributed by atoms with Gasteiger partial charge in [0.2, 0.25) is 5.91 Å². The van der Waals surface area contributed by atoms with Crippen LogP contribution in [-0.2, 0) is 17.9 Å². The lowest BCUT2D eigenvalue weighted by molar-refractivity contribution is -0.128. The first-order chi connectivity index (χ1) is 15.1. The number of anilines is 1. The molecule has 0 bridgehead atoms. The van der Waals surface area contributed by atoms with Crippen molar-refractivity contribution in [2.24, 2.45) is 4.99 Å². The second-order valence-corrected chi connectivity index (χ2v) is 8.47. The maximum absolute atomic E-state index is 11.9. The number of hydrogen-bond acceptors (Lipinski definition) is 3. The van der Waals surface area contributed by atoms with E-state index in [0.717, 1.165) is 55.8 Å². The molecule has 0 unspecified atom stereocenters. The number of guanidine groups is 1. The Bertz CT molecular complexity index is 939. The molecule has 0 spiro atoms. The van der Waals surface area contributed by atoms with Gasteiger partial charge in [-0.1, -0.05) is 48.0 Å². The van der Waals surface area contributed by atoms with Gasteiger partial charge in [0.1, 0.15) is 0 Å². The molecule has 2 saturated heterocycles. The number of para-hydroxylation sites is 1. The lowest BCUT2D eigenvalue weighted by Gasteiger charge is -2.38. The third-order valence-electron chi connectivity index (χ3n) is 5.97. The van der Waals surface area contributed by atoms with Crippen molar-refractivity contribution in [2.75, 3.05) is 44.7 Å². The summed E-state index contributed by atoms with van der Waals surface area (Å²) in [4.78, 5) is 23.0. The topological polar surface area (TPSA) is 51.2 Å². The van der Waals surface area contributed by atoms with E-state index in [1.807, 2.05) is 30.1 Å². The van der Waals surface area contributed by atoms with Crippen molar-refractivity contribution in [1.82, 2.24) is 15.1 Å². The molecular weight excluding hydrogens is 410 g/mol. The number of carbonyl (C=O) groups is 1. The van der Waals surface area contributed by atoms with E-state index >= 15 is 0 Å². The smallest absolute Gasteiger partial charge is 0.222 e. The van der Waals surface area contributed by atoms with Gasteiger partial charge >= 0.3 is 0 Å². The molecular formula is C24H30ClN5O. The third kappa shape index (κ3) is 5.31. The molecule has 1 amide bonds. The summed E-state index contributed by atoms with van der Waals surface area (Å²) in [7, 11) is 1.83. The monoisotopic (exact) mass is 439 g/mol. The number of aliphatic imine (C=N–C) groups is 1. The first kappa shape index (κ1) is 21.5. The number of piperazine rings is 1. The van der Waals surface area contributed by atoms with E-state index in [0.29, 0.717) is 19.5 Å². The summed E-state index contributed by atoms with van der Waals surface area (Å²) in [5.74, 6) is 1.18. The van der Waals surface area contributed by atoms with E-state index in [4.69, 9.17) is 11.6 Å². The number of benzene rings is 2. The molecule has 4 rings (SSSR count). The Balaban J connectivity index is 1.31. The third-order valence-corrected chi connectivity index (χ3v) is 6.29. The standard InChI is InChI=1S/C24H30ClN5O/c1-26-24(29-14-12-28(13-15-29)22-9-3-2-8-21(22)25)27-17-19-6-4-7-20(16-19)18-30-11-5-10-23(30)31/h2-4,6-9,16H,5,10-15,17-18H2,1H3,(H,26,27). The normalized spacial score (nSPS) is 17.4. The van der Waals surface area contributed by atoms with Crippen LogP contribution in [0.3, 0.4) is 0 Å². The van der Waals surface area contributed by atoms with E-state index in [9.17, 15) is 4.79 Å². The summed E-state index contributed by atoms with van der Waals surface area (Å²) in [6.07, 6.45) is 1.65. The zero-order valence-corrected chi connectivity index (χ0v) is 18.8. The summed E-state index contributed by atoms with van der Waals surface area (Å²) in [6, 6.07) is 16.5. The molecule has 31 heavy (non-hydrogen) atoms. The maximum Gasteiger partial charge on any atom is 0.222 e. The van der Waals surface area contributed by atoms with Crippen LogP contribution >= 0.6 is 11.6 Å². The Kier molecular flexibility index (Phi) is 6.97. The number of amides is 1. The SMILES string of the molecule is CN=C(NCc1cccc(CN2CCCC2=O)c1)N1CCN(c2ccccc2Cl)CC1. The zero-order valence-electron chi connectivity index (χ0n) is 18.1. The molecule has 0 aromatic heterocycles. The van der Waals surface area contributed by atoms with E-state index in [1.165, 1.54) is 11.1 Å². The van der Waals surface area contributed by atoms with Crippen molar-refractivity contribution < 1.29 is 4.79 Å². The van der Waals surface area contributed by atoms with Crippen molar-refractivity contribution in [3.8, 4) is 0 Å². The molecule has 2 aromatic carbocycles. The van der Waals surface area contributed by atoms with Gasteiger partial charge < -0.3 is 20.0 Å². The first-order valence-electron chi connectivity index (χ1n) is 10.9. The molecule has 2 aromatic rings. The van der Waals surface area contributed by atoms with Crippen LogP contribution in [0, 0.1) is 0 Å². The highest BCUT2D eigenvalue weighted by Gasteiger charge is 2.22. The summed E-state index contributed by atoms with van der Waals surface area (Å²) in [5.41, 5.74) is 3.47. The minimum atomic E-state index is 0.264. The largest absolute Gasteiger partial charge is 0.367 e. The summed E-state index contributed by atoms with van der Waals surface area (Å²) >= 11 is 6.36. The van der Waals surface area contributed by atoms with Crippen molar-refractivity contribution in [1.29, 1.82) is 0 Å². The van der Waals surface area contributed by atoms with Gasteiger partial charge in [0, 0.05) is 59.3 Å². The fourth-order valence-electron chi connectivity index (χ4n) is 4.31. The number of nitrogens with zero attached hydrogens (tertiary/aromatic N) is 4. The number of hydrogen-bond donors (Lipinski definition) is 1. The van der Waals surface area contributed by atoms with E-state index in [2.05, 4.69) is 50.4 Å². The van der Waals surface area contributed by atoms with Crippen LogP contribution in [0.4, 0.5) is 5.69 Å². The minimum Gasteiger partial charge on any atom is -0.367 e. The van der Waals surface area contributed by atoms with Gasteiger partial charge in [-0.15, -0.1) is 0 Å². The van der Waals surface area contributed by atoms with Crippen molar-refractivity contribution in [3.63, 3.8) is 0 Å². The molecule has 1 N–H and O–H groups in total. The number of halogens is 1. The molecule has 2 aliphatic rings. The molecule has 0 radical (unpaired) electrons. The highest BCUT2D eigenvalue weighted by Crippen LogP contribution is 2.26. The van der Waals surface area contributed by atoms with Crippen LogP contribution in [0.1, 0.15) is 24.0 Å². The summed E-state index contributed by atoms with van der Waals surface area (Å²) < 4.78 is 0. The molecule has 6 nitrogen and oxygen atoms in total. The molecule has 0 aliphatic carbocycles. The van der Waals surface area contributed by atoms with Crippen LogP contribution in [0.5, 0.6) is 0 Å². The van der Waals surface area contributed by atoms with Gasteiger partial charge in [0.05, 0.1) is 10.7 Å². The van der Waals surface area contributed by atoms with E-state index in [1.54, 1.807) is 0 Å². The molecule has 2 heterocycles. The highest BCUT2D eigenvalue weighted by atomic mass is 35.5. The average Bonchev–Trinajstić information content (AvgIpc) is 3.19. The summed E-state index contributed by atoms with van der Waals surface area (Å²) in [5, 5.41) is 4.30. The van der Waals surface area contributed by atoms with Crippen molar-refractivity contribution in [3.05, 3.63) is 64.7 Å². The molecule has 7 heteroatoms. The second kappa shape index (κ2) is 10.1. The van der Waals surface area contributed by atoms with Gasteiger partial charge in [0.15, 0.2) is 5.96 Å². The Labute approximate surface area is 189 Å². The van der Waals surface area contributed by atoms with Crippen LogP contribution in [0.2, 0.25) is 5.02 Å². The molecule has 0 atom stereocenters. The Hall–Kier alpha value is -2.73. The average molecular weight is 440 g/mol. The predicted octanol–water partition coefficient (Wildman–Crippen LogP) is 3.36. The van der Waals surface area contributed by atoms with Gasteiger partial charge in [-0.05, 0) is 29.7 Å². The van der Waals surface area contributed by atoms with Gasteiger partial charge in [-0.2, -0.15) is 0 Å². The predicted molar refractivity (Wildman–Crippen MR) is 127 cm³/mol. The Morgan fingerprint density at radius 1 is 1.03 bits per heavy atom. The molecule has 2 aliphatic heterocycles. The Morgan fingerprint density at radius 2 is 1.81 bits per heavy atom. The molecule has 2 fully saturated rings. The van der Waals surface area contributed by atoms with Gasteiger partial charge in [0.25, 0.3) is 0 Å². The zero-order chi connectivity index (χ0) is 21.6. The molecule has 0 saturated carbocycles. The van der Waals surface area contributed by atoms with Crippen LogP contribution < -0.4 is 10.2 Å². The number of rotatable bonds is 5. The fraction of sp³-hybridized carbons (Fsp3) is 0.417. The van der Waals surface area contributed by atoms with Crippen LogP contribution in [-0.4, -0.2) is 61.4 Å². The lowest BCUT2D eigenvalue weighted by atomic mass is 10.1. The van der Waals surface area contributed by atoms with Gasteiger partial charge in [-0.3, -0.25) is 9.79 Å². The van der Waals surface area contributed by atoms with E-state index in [-0.39, 0.29) is 5.91 Å². The van der Waals surface area contributed by atoms with Crippen molar-refractivity contribution in [2.45, 2.75) is 25.9 Å². The minimum absolute atomic E-state index is 0.264. The quantitative estimate of drug-likeness (QED) is 0.573. The van der Waals surface area contributed by atoms with Crippen molar-refractivity contribution >= 4 is 29.2 Å². The highest BCUT2D eigenvalue weighted by molar-refractivity contribution is 6.33. The van der Waals surface area contributed by atoms with Crippen LogP contribution in [0.15, 0.2) is 53.5 Å². The van der Waals surface area contributed by atoms with E-state index < -0.39 is 0 Å². The Morgan fingerprint density at radius 3 is 2.52 bits per heavy atom. The fourth-order valence-corrected chi connectivity index (χ4v) is 4.57.